The van der Waals surface area contributed by atoms with Crippen LogP contribution in [-0.2, 0) is 6.42 Å². The molecule has 0 amide bonds. The van der Waals surface area contributed by atoms with Crippen molar-refractivity contribution in [2.24, 2.45) is 0 Å². The summed E-state index contributed by atoms with van der Waals surface area (Å²) in [6.07, 6.45) is 9.38. The molecule has 0 nitrogen and oxygen atoms in total. The van der Waals surface area contributed by atoms with Gasteiger partial charge in [0.1, 0.15) is 0 Å². The summed E-state index contributed by atoms with van der Waals surface area (Å²) in [5.41, 5.74) is 4.36. The average Bonchev–Trinajstić information content (AvgIpc) is 2.30. The summed E-state index contributed by atoms with van der Waals surface area (Å²) >= 11 is 0. The fourth-order valence-electron chi connectivity index (χ4n) is 1.82. The Morgan fingerprint density at radius 3 is 2.29 bits per heavy atom. The molecule has 92 valence electrons. The van der Waals surface area contributed by atoms with Gasteiger partial charge in [-0.2, -0.15) is 0 Å². The number of allylic oxidation sites excluding steroid dienone is 4. The molecule has 0 saturated carbocycles. The Morgan fingerprint density at radius 1 is 0.941 bits per heavy atom. The summed E-state index contributed by atoms with van der Waals surface area (Å²) in [5.74, 6) is 0. The monoisotopic (exact) mass is 228 g/mol. The van der Waals surface area contributed by atoms with Crippen molar-refractivity contribution in [3.63, 3.8) is 0 Å². The van der Waals surface area contributed by atoms with Crippen molar-refractivity contribution in [3.8, 4) is 0 Å². The molecule has 0 aliphatic heterocycles. The Labute approximate surface area is 106 Å². The Hall–Kier alpha value is -1.30. The van der Waals surface area contributed by atoms with Gasteiger partial charge in [0.25, 0.3) is 0 Å². The number of benzene rings is 1. The molecule has 1 rings (SSSR count). The number of aryl methyl sites for hydroxylation is 1. The molecular weight excluding hydrogens is 204 g/mol. The SMILES string of the molecule is CC(C)=CCC/C(C)=C\CCc1ccccc1. The first kappa shape index (κ1) is 13.8. The number of hydrogen-bond donors (Lipinski definition) is 0. The summed E-state index contributed by atoms with van der Waals surface area (Å²) in [4.78, 5) is 0. The van der Waals surface area contributed by atoms with Crippen LogP contribution in [0.3, 0.4) is 0 Å². The zero-order valence-electron chi connectivity index (χ0n) is 11.4. The van der Waals surface area contributed by atoms with E-state index in [1.165, 1.54) is 29.6 Å². The lowest BCUT2D eigenvalue weighted by Gasteiger charge is -2.00. The van der Waals surface area contributed by atoms with Gasteiger partial charge >= 0.3 is 0 Å². The first-order valence-corrected chi connectivity index (χ1v) is 6.51. The Kier molecular flexibility index (Phi) is 6.39. The summed E-state index contributed by atoms with van der Waals surface area (Å²) < 4.78 is 0. The second kappa shape index (κ2) is 7.89. The quantitative estimate of drug-likeness (QED) is 0.579. The van der Waals surface area contributed by atoms with Crippen molar-refractivity contribution in [2.45, 2.75) is 46.5 Å². The van der Waals surface area contributed by atoms with E-state index in [4.69, 9.17) is 0 Å². The molecule has 0 heteroatoms. The van der Waals surface area contributed by atoms with Crippen molar-refractivity contribution in [1.29, 1.82) is 0 Å². The second-order valence-corrected chi connectivity index (χ2v) is 4.89. The van der Waals surface area contributed by atoms with Crippen molar-refractivity contribution >= 4 is 0 Å². The molecule has 0 aliphatic rings. The third kappa shape index (κ3) is 6.78. The van der Waals surface area contributed by atoms with Gasteiger partial charge in [0, 0.05) is 0 Å². The standard InChI is InChI=1S/C17H24/c1-15(2)9-7-10-16(3)11-8-14-17-12-5-4-6-13-17/h4-6,9,11-13H,7-8,10,14H2,1-3H3/b16-11-. The highest BCUT2D eigenvalue weighted by Gasteiger charge is 1.91. The zero-order valence-corrected chi connectivity index (χ0v) is 11.4. The van der Waals surface area contributed by atoms with Crippen LogP contribution in [0.1, 0.15) is 45.6 Å². The largest absolute Gasteiger partial charge is 0.0856 e. The Balaban J connectivity index is 2.26. The molecule has 0 fully saturated rings. The molecular formula is C17H24. The normalized spacial score (nSPS) is 11.4. The Morgan fingerprint density at radius 2 is 1.65 bits per heavy atom. The molecule has 0 aromatic heterocycles. The topological polar surface area (TPSA) is 0 Å². The lowest BCUT2D eigenvalue weighted by atomic mass is 10.1. The fourth-order valence-corrected chi connectivity index (χ4v) is 1.82. The van der Waals surface area contributed by atoms with Crippen LogP contribution in [0.5, 0.6) is 0 Å². The van der Waals surface area contributed by atoms with Gasteiger partial charge in [-0.1, -0.05) is 53.6 Å². The summed E-state index contributed by atoms with van der Waals surface area (Å²) in [7, 11) is 0. The second-order valence-electron chi connectivity index (χ2n) is 4.89. The van der Waals surface area contributed by atoms with Crippen LogP contribution < -0.4 is 0 Å². The smallest absolute Gasteiger partial charge is 0.0244 e. The maximum Gasteiger partial charge on any atom is -0.0244 e. The minimum atomic E-state index is 1.15. The third-order valence-corrected chi connectivity index (χ3v) is 2.86. The van der Waals surface area contributed by atoms with Crippen LogP contribution in [0.4, 0.5) is 0 Å². The van der Waals surface area contributed by atoms with Gasteiger partial charge in [-0.05, 0) is 52.0 Å². The highest BCUT2D eigenvalue weighted by molar-refractivity contribution is 5.15. The van der Waals surface area contributed by atoms with E-state index in [-0.39, 0.29) is 0 Å². The predicted molar refractivity (Wildman–Crippen MR) is 77.2 cm³/mol. The molecule has 1 aromatic carbocycles. The van der Waals surface area contributed by atoms with Crippen molar-refractivity contribution in [2.75, 3.05) is 0 Å². The molecule has 0 N–H and O–H groups in total. The van der Waals surface area contributed by atoms with Crippen LogP contribution in [0.25, 0.3) is 0 Å². The average molecular weight is 228 g/mol. The molecule has 17 heavy (non-hydrogen) atoms. The molecule has 0 aliphatic carbocycles. The molecule has 0 spiro atoms. The summed E-state index contributed by atoms with van der Waals surface area (Å²) in [5, 5.41) is 0. The summed E-state index contributed by atoms with van der Waals surface area (Å²) in [6, 6.07) is 10.7. The Bertz CT molecular complexity index is 364. The first-order valence-electron chi connectivity index (χ1n) is 6.51. The lowest BCUT2D eigenvalue weighted by molar-refractivity contribution is 0.925. The van der Waals surface area contributed by atoms with E-state index in [2.05, 4.69) is 63.3 Å². The van der Waals surface area contributed by atoms with Crippen LogP contribution in [0, 0.1) is 0 Å². The molecule has 0 atom stereocenters. The third-order valence-electron chi connectivity index (χ3n) is 2.86. The van der Waals surface area contributed by atoms with E-state index in [9.17, 15) is 0 Å². The van der Waals surface area contributed by atoms with Crippen LogP contribution in [-0.4, -0.2) is 0 Å². The van der Waals surface area contributed by atoms with Crippen molar-refractivity contribution in [3.05, 3.63) is 59.2 Å². The van der Waals surface area contributed by atoms with E-state index in [1.54, 1.807) is 0 Å². The van der Waals surface area contributed by atoms with Crippen molar-refractivity contribution < 1.29 is 0 Å². The van der Waals surface area contributed by atoms with E-state index >= 15 is 0 Å². The van der Waals surface area contributed by atoms with E-state index in [0.717, 1.165) is 12.8 Å². The molecule has 0 saturated heterocycles. The van der Waals surface area contributed by atoms with E-state index < -0.39 is 0 Å². The van der Waals surface area contributed by atoms with Gasteiger partial charge < -0.3 is 0 Å². The maximum absolute atomic E-state index is 2.38. The fraction of sp³-hybridized carbons (Fsp3) is 0.412. The molecule has 0 heterocycles. The van der Waals surface area contributed by atoms with Gasteiger partial charge in [0.2, 0.25) is 0 Å². The lowest BCUT2D eigenvalue weighted by Crippen LogP contribution is -1.83. The molecule has 1 aromatic rings. The first-order chi connectivity index (χ1) is 8.18. The minimum Gasteiger partial charge on any atom is -0.0856 e. The molecule has 0 bridgehead atoms. The molecule has 0 unspecified atom stereocenters. The summed E-state index contributed by atoms with van der Waals surface area (Å²) in [6.45, 7) is 6.56. The maximum atomic E-state index is 2.38. The van der Waals surface area contributed by atoms with Gasteiger partial charge in [-0.3, -0.25) is 0 Å². The number of rotatable bonds is 6. The zero-order chi connectivity index (χ0) is 12.5. The minimum absolute atomic E-state index is 1.15. The highest BCUT2D eigenvalue weighted by Crippen LogP contribution is 2.09. The molecule has 0 radical (unpaired) electrons. The van der Waals surface area contributed by atoms with Gasteiger partial charge in [-0.25, -0.2) is 0 Å². The van der Waals surface area contributed by atoms with E-state index in [1.807, 2.05) is 0 Å². The van der Waals surface area contributed by atoms with E-state index in [0.29, 0.717) is 0 Å². The predicted octanol–water partition coefficient (Wildman–Crippen LogP) is 5.31. The van der Waals surface area contributed by atoms with Gasteiger partial charge in [0.15, 0.2) is 0 Å². The van der Waals surface area contributed by atoms with Crippen molar-refractivity contribution in [1.82, 2.24) is 0 Å². The van der Waals surface area contributed by atoms with Gasteiger partial charge in [0.05, 0.1) is 0 Å². The van der Waals surface area contributed by atoms with Crippen LogP contribution >= 0.6 is 0 Å². The highest BCUT2D eigenvalue weighted by atomic mass is 14.0. The number of hydrogen-bond acceptors (Lipinski definition) is 0. The van der Waals surface area contributed by atoms with Crippen LogP contribution in [0.2, 0.25) is 0 Å². The van der Waals surface area contributed by atoms with Crippen LogP contribution in [0.15, 0.2) is 53.6 Å². The van der Waals surface area contributed by atoms with Gasteiger partial charge in [-0.15, -0.1) is 0 Å².